The summed E-state index contributed by atoms with van der Waals surface area (Å²) in [7, 11) is 0. The van der Waals surface area contributed by atoms with E-state index in [9.17, 15) is 9.59 Å². The van der Waals surface area contributed by atoms with Gasteiger partial charge in [0.1, 0.15) is 0 Å². The summed E-state index contributed by atoms with van der Waals surface area (Å²) in [5.74, 6) is -0.388. The summed E-state index contributed by atoms with van der Waals surface area (Å²) in [4.78, 5) is 26.9. The smallest absolute Gasteiger partial charge is 0.262 e. The summed E-state index contributed by atoms with van der Waals surface area (Å²) in [6, 6.07) is 3.79. The molecule has 4 heteroatoms. The molecule has 0 spiro atoms. The van der Waals surface area contributed by atoms with Crippen molar-refractivity contribution in [3.63, 3.8) is 0 Å². The van der Waals surface area contributed by atoms with Crippen molar-refractivity contribution < 1.29 is 9.59 Å². The van der Waals surface area contributed by atoms with Gasteiger partial charge in [0.05, 0.1) is 16.7 Å². The second kappa shape index (κ2) is 5.02. The Hall–Kier alpha value is -1.68. The number of benzene rings is 1. The molecule has 2 rings (SSSR count). The van der Waals surface area contributed by atoms with Crippen molar-refractivity contribution in [3.8, 4) is 0 Å². The number of rotatable bonds is 4. The van der Waals surface area contributed by atoms with Crippen molar-refractivity contribution in [2.75, 3.05) is 6.54 Å². The van der Waals surface area contributed by atoms with Crippen molar-refractivity contribution in [1.29, 1.82) is 0 Å². The molecule has 1 aliphatic heterocycles. The van der Waals surface area contributed by atoms with Gasteiger partial charge in [0.25, 0.3) is 11.8 Å². The second-order valence-corrected chi connectivity index (χ2v) is 5.53. The fraction of sp³-hybridized carbons (Fsp3) is 0.500. The van der Waals surface area contributed by atoms with Crippen LogP contribution in [-0.4, -0.2) is 28.8 Å². The quantitative estimate of drug-likeness (QED) is 0.858. The van der Waals surface area contributed by atoms with Gasteiger partial charge < -0.3 is 5.73 Å². The fourth-order valence-electron chi connectivity index (χ4n) is 3.06. The summed E-state index contributed by atoms with van der Waals surface area (Å²) in [5.41, 5.74) is 8.12. The highest BCUT2D eigenvalue weighted by Gasteiger charge is 2.47. The largest absolute Gasteiger partial charge is 0.328 e. The Bertz CT molecular complexity index is 525. The lowest BCUT2D eigenvalue weighted by Gasteiger charge is -2.38. The molecule has 0 saturated heterocycles. The minimum absolute atomic E-state index is 0.194. The predicted molar refractivity (Wildman–Crippen MR) is 78.8 cm³/mol. The van der Waals surface area contributed by atoms with Gasteiger partial charge in [-0.25, -0.2) is 0 Å². The van der Waals surface area contributed by atoms with Gasteiger partial charge in [-0.2, -0.15) is 0 Å². The van der Waals surface area contributed by atoms with Crippen molar-refractivity contribution >= 4 is 11.8 Å². The van der Waals surface area contributed by atoms with Gasteiger partial charge in [-0.15, -0.1) is 0 Å². The highest BCUT2D eigenvalue weighted by Crippen LogP contribution is 2.35. The first kappa shape index (κ1) is 14.7. The van der Waals surface area contributed by atoms with Gasteiger partial charge in [-0.3, -0.25) is 14.5 Å². The molecule has 1 aromatic carbocycles. The average Bonchev–Trinajstić information content (AvgIpc) is 2.72. The SMILES string of the molecule is CCC(CC)(CN)N1C(=O)c2c(C)ccc(C)c2C1=O. The fourth-order valence-corrected chi connectivity index (χ4v) is 3.06. The van der Waals surface area contributed by atoms with Crippen molar-refractivity contribution in [3.05, 3.63) is 34.4 Å². The van der Waals surface area contributed by atoms with Crippen LogP contribution in [0.3, 0.4) is 0 Å². The first-order valence-corrected chi connectivity index (χ1v) is 7.12. The first-order valence-electron chi connectivity index (χ1n) is 7.12. The Labute approximate surface area is 119 Å². The van der Waals surface area contributed by atoms with Crippen LogP contribution in [0.2, 0.25) is 0 Å². The number of carbonyl (C=O) groups excluding carboxylic acids is 2. The van der Waals surface area contributed by atoms with Gasteiger partial charge in [0.15, 0.2) is 0 Å². The molecular weight excluding hydrogens is 252 g/mol. The Balaban J connectivity index is 2.64. The summed E-state index contributed by atoms with van der Waals surface area (Å²) in [6.45, 7) is 7.98. The maximum Gasteiger partial charge on any atom is 0.262 e. The Morgan fingerprint density at radius 1 is 1.00 bits per heavy atom. The molecule has 0 atom stereocenters. The summed E-state index contributed by atoms with van der Waals surface area (Å²) < 4.78 is 0. The molecule has 0 unspecified atom stereocenters. The van der Waals surface area contributed by atoms with E-state index in [4.69, 9.17) is 5.73 Å². The van der Waals surface area contributed by atoms with Crippen molar-refractivity contribution in [1.82, 2.24) is 4.90 Å². The number of imide groups is 1. The number of aryl methyl sites for hydroxylation is 2. The molecule has 20 heavy (non-hydrogen) atoms. The van der Waals surface area contributed by atoms with Crippen LogP contribution < -0.4 is 5.73 Å². The van der Waals surface area contributed by atoms with E-state index in [1.807, 2.05) is 39.8 Å². The maximum absolute atomic E-state index is 12.8. The number of carbonyl (C=O) groups is 2. The van der Waals surface area contributed by atoms with E-state index in [1.165, 1.54) is 4.90 Å². The van der Waals surface area contributed by atoms with E-state index in [1.54, 1.807) is 0 Å². The van der Waals surface area contributed by atoms with Crippen LogP contribution in [0.5, 0.6) is 0 Å². The van der Waals surface area contributed by atoms with Crippen LogP contribution in [0.4, 0.5) is 0 Å². The molecule has 2 amide bonds. The molecule has 1 aromatic rings. The highest BCUT2D eigenvalue weighted by atomic mass is 16.2. The predicted octanol–water partition coefficient (Wildman–Crippen LogP) is 2.42. The lowest BCUT2D eigenvalue weighted by atomic mass is 9.90. The Morgan fingerprint density at radius 2 is 1.40 bits per heavy atom. The van der Waals surface area contributed by atoms with Gasteiger partial charge >= 0.3 is 0 Å². The van der Waals surface area contributed by atoms with Crippen LogP contribution in [-0.2, 0) is 0 Å². The molecule has 0 radical (unpaired) electrons. The molecule has 0 bridgehead atoms. The molecule has 2 N–H and O–H groups in total. The third-order valence-corrected chi connectivity index (χ3v) is 4.63. The second-order valence-electron chi connectivity index (χ2n) is 5.53. The Kier molecular flexibility index (Phi) is 3.69. The van der Waals surface area contributed by atoms with E-state index < -0.39 is 5.54 Å². The Morgan fingerprint density at radius 3 is 1.70 bits per heavy atom. The number of hydrogen-bond donors (Lipinski definition) is 1. The minimum atomic E-state index is -0.577. The first-order chi connectivity index (χ1) is 9.43. The highest BCUT2D eigenvalue weighted by molar-refractivity contribution is 6.23. The molecular formula is C16H22N2O2. The summed E-state index contributed by atoms with van der Waals surface area (Å²) in [6.07, 6.45) is 1.34. The average molecular weight is 274 g/mol. The number of nitrogens with zero attached hydrogens (tertiary/aromatic N) is 1. The molecule has 108 valence electrons. The van der Waals surface area contributed by atoms with Gasteiger partial charge in [-0.1, -0.05) is 26.0 Å². The molecule has 0 aliphatic carbocycles. The van der Waals surface area contributed by atoms with Crippen molar-refractivity contribution in [2.24, 2.45) is 5.73 Å². The topological polar surface area (TPSA) is 63.4 Å². The molecule has 0 aromatic heterocycles. The lowest BCUT2D eigenvalue weighted by Crippen LogP contribution is -2.55. The van der Waals surface area contributed by atoms with Crippen molar-refractivity contribution in [2.45, 2.75) is 46.1 Å². The van der Waals surface area contributed by atoms with Crippen LogP contribution in [0.25, 0.3) is 0 Å². The number of hydrogen-bond acceptors (Lipinski definition) is 3. The van der Waals surface area contributed by atoms with Gasteiger partial charge in [-0.05, 0) is 37.8 Å². The number of nitrogens with two attached hydrogens (primary N) is 1. The van der Waals surface area contributed by atoms with Gasteiger partial charge in [0.2, 0.25) is 0 Å². The van der Waals surface area contributed by atoms with E-state index in [0.29, 0.717) is 30.5 Å². The lowest BCUT2D eigenvalue weighted by molar-refractivity contribution is 0.0413. The van der Waals surface area contributed by atoms with Crippen LogP contribution in [0.1, 0.15) is 58.5 Å². The van der Waals surface area contributed by atoms with E-state index in [-0.39, 0.29) is 11.8 Å². The van der Waals surface area contributed by atoms with E-state index in [0.717, 1.165) is 11.1 Å². The van der Waals surface area contributed by atoms with E-state index >= 15 is 0 Å². The monoisotopic (exact) mass is 274 g/mol. The maximum atomic E-state index is 12.8. The zero-order valence-electron chi connectivity index (χ0n) is 12.6. The van der Waals surface area contributed by atoms with Crippen LogP contribution >= 0.6 is 0 Å². The summed E-state index contributed by atoms with van der Waals surface area (Å²) in [5, 5.41) is 0. The molecule has 0 saturated carbocycles. The van der Waals surface area contributed by atoms with Crippen LogP contribution in [0, 0.1) is 13.8 Å². The minimum Gasteiger partial charge on any atom is -0.328 e. The normalized spacial score (nSPS) is 14.9. The van der Waals surface area contributed by atoms with E-state index in [2.05, 4.69) is 0 Å². The number of amides is 2. The van der Waals surface area contributed by atoms with Gasteiger partial charge in [0, 0.05) is 6.54 Å². The van der Waals surface area contributed by atoms with Crippen LogP contribution in [0.15, 0.2) is 12.1 Å². The summed E-state index contributed by atoms with van der Waals surface area (Å²) >= 11 is 0. The standard InChI is InChI=1S/C16H22N2O2/c1-5-16(6-2,9-17)18-14(19)12-10(3)7-8-11(4)13(12)15(18)20/h7-8H,5-6,9,17H2,1-4H3. The third kappa shape index (κ3) is 1.79. The molecule has 1 heterocycles. The molecule has 1 aliphatic rings. The molecule has 4 nitrogen and oxygen atoms in total. The third-order valence-electron chi connectivity index (χ3n) is 4.63. The zero-order valence-corrected chi connectivity index (χ0v) is 12.6. The zero-order chi connectivity index (χ0) is 15.1. The molecule has 0 fully saturated rings. The number of fused-ring (bicyclic) bond motifs is 1.